The van der Waals surface area contributed by atoms with E-state index in [1.54, 1.807) is 77.3 Å². The molecule has 2 fully saturated rings. The molecule has 7 heterocycles. The molecule has 2 saturated heterocycles. The van der Waals surface area contributed by atoms with E-state index in [9.17, 15) is 38.1 Å². The molecule has 0 bridgehead atoms. The predicted octanol–water partition coefficient (Wildman–Crippen LogP) is 11.4. The first-order valence-electron chi connectivity index (χ1n) is 29.4. The number of thiazole rings is 1. The Labute approximate surface area is 496 Å². The number of aryl methyl sites for hydroxylation is 3. The Morgan fingerprint density at radius 1 is 0.694 bits per heavy atom. The van der Waals surface area contributed by atoms with Crippen molar-refractivity contribution in [3.8, 4) is 11.5 Å². The lowest BCUT2D eigenvalue weighted by Gasteiger charge is -2.31. The van der Waals surface area contributed by atoms with Crippen LogP contribution in [0.2, 0.25) is 0 Å². The first-order valence-corrected chi connectivity index (χ1v) is 30.3. The van der Waals surface area contributed by atoms with Crippen molar-refractivity contribution in [2.45, 2.75) is 110 Å². The number of nitrogens with zero attached hydrogens (tertiary/aromatic N) is 7. The summed E-state index contributed by atoms with van der Waals surface area (Å²) in [6.45, 7) is 12.7. The van der Waals surface area contributed by atoms with Gasteiger partial charge in [0, 0.05) is 96.6 Å². The van der Waals surface area contributed by atoms with Gasteiger partial charge in [-0.25, -0.2) is 23.1 Å². The fraction of sp³-hybridized carbons (Fsp3) is 0.358. The van der Waals surface area contributed by atoms with Crippen LogP contribution in [0, 0.1) is 31.3 Å². The Morgan fingerprint density at radius 3 is 1.93 bits per heavy atom. The number of aliphatic hydroxyl groups is 1. The maximum absolute atomic E-state index is 13.5. The van der Waals surface area contributed by atoms with Crippen LogP contribution in [0.15, 0.2) is 147 Å². The van der Waals surface area contributed by atoms with Gasteiger partial charge in [-0.05, 0) is 187 Å². The molecule has 0 saturated carbocycles. The summed E-state index contributed by atoms with van der Waals surface area (Å²) in [6.07, 6.45) is 10.2. The molecule has 14 nitrogen and oxygen atoms in total. The van der Waals surface area contributed by atoms with E-state index in [1.165, 1.54) is 53.3 Å². The number of phenolic OH excluding ortho intramolecular Hbond substituents is 2. The van der Waals surface area contributed by atoms with Gasteiger partial charge in [-0.3, -0.25) is 18.6 Å². The summed E-state index contributed by atoms with van der Waals surface area (Å²) in [6, 6.07) is 31.3. The van der Waals surface area contributed by atoms with Crippen LogP contribution in [0.1, 0.15) is 114 Å². The van der Waals surface area contributed by atoms with Gasteiger partial charge < -0.3 is 35.0 Å². The number of nitrogens with one attached hydrogen (secondary N) is 1. The van der Waals surface area contributed by atoms with Crippen molar-refractivity contribution >= 4 is 32.8 Å². The molecule has 12 rings (SSSR count). The monoisotopic (exact) mass is 1170 g/mol. The quantitative estimate of drug-likeness (QED) is 0.0766. The number of likely N-dealkylation sites (tertiary alicyclic amines) is 2. The second-order valence-corrected chi connectivity index (χ2v) is 23.3. The van der Waals surface area contributed by atoms with Crippen LogP contribution in [0.5, 0.6) is 11.5 Å². The minimum Gasteiger partial charge on any atom is -0.508 e. The van der Waals surface area contributed by atoms with Crippen LogP contribution in [-0.2, 0) is 32.2 Å². The highest BCUT2D eigenvalue weighted by molar-refractivity contribution is 7.15. The van der Waals surface area contributed by atoms with Crippen LogP contribution in [0.3, 0.4) is 0 Å². The van der Waals surface area contributed by atoms with Gasteiger partial charge in [0.1, 0.15) is 34.8 Å². The second kappa shape index (κ2) is 28.0. The summed E-state index contributed by atoms with van der Waals surface area (Å²) in [5.41, 5.74) is 11.1. The van der Waals surface area contributed by atoms with Crippen molar-refractivity contribution in [2.24, 2.45) is 0 Å². The number of phenols is 2. The molecule has 0 aliphatic carbocycles. The van der Waals surface area contributed by atoms with Crippen molar-refractivity contribution in [2.75, 3.05) is 45.8 Å². The third kappa shape index (κ3) is 15.0. The van der Waals surface area contributed by atoms with Crippen molar-refractivity contribution in [1.29, 1.82) is 0 Å². The Bertz CT molecular complexity index is 3800. The number of aromatic nitrogens is 5. The Kier molecular flexibility index (Phi) is 19.9. The zero-order chi connectivity index (χ0) is 59.6. The molecule has 3 aliphatic heterocycles. The fourth-order valence-corrected chi connectivity index (χ4v) is 12.6. The highest BCUT2D eigenvalue weighted by Crippen LogP contribution is 2.35. The molecule has 0 radical (unpaired) electrons. The molecule has 2 atom stereocenters. The molecule has 0 amide bonds. The summed E-state index contributed by atoms with van der Waals surface area (Å²) < 4.78 is 49.3. The topological polar surface area (TPSA) is 174 Å². The molecule has 0 unspecified atom stereocenters. The SMILES string of the molecule is C[C@H](NCCc1ccc(O)cc1)[C@H](O)c1ccc(O)cc1.Cc1nc2n(c(=O)c1CCN1CCC(c3noc4cc(F)ccc34)CC1)CCCC2.Cc1nc2sccn2c(=O)c1CCN1CCC(=C(c2ccc(F)cc2)c2ccc(F)cc2)CC1. The number of benzene rings is 5. The van der Waals surface area contributed by atoms with E-state index in [0.29, 0.717) is 17.9 Å². The van der Waals surface area contributed by atoms with Crippen LogP contribution in [-0.4, -0.2) is 101 Å². The first-order chi connectivity index (χ1) is 41.1. The summed E-state index contributed by atoms with van der Waals surface area (Å²) in [4.78, 5) is 40.6. The molecular formula is C67H73F3N8O6S. The van der Waals surface area contributed by atoms with Gasteiger partial charge in [-0.2, -0.15) is 0 Å². The Hall–Kier alpha value is -7.74. The van der Waals surface area contributed by atoms with Gasteiger partial charge in [0.05, 0.1) is 11.8 Å². The van der Waals surface area contributed by atoms with E-state index in [4.69, 9.17) is 9.51 Å². The standard InChI is InChI=1S/C27H25F2N3OS.C23H27FN4O2.C17H21NO3/c1-18-24(26(33)32-16-17-34-27(32)30-18)12-15-31-13-10-21(11-14-31)25(19-2-6-22(28)7-3-19)20-4-8-23(29)9-5-20;1-15-18(23(29)28-10-3-2-4-21(28)25-15)9-13-27-11-7-16(8-12-27)22-19-6-5-17(24)14-20(19)30-26-22;1-12(17(21)14-4-8-16(20)9-5-14)18-11-10-13-2-6-15(19)7-3-13/h2-9,16-17H,10-15H2,1H3;5-6,14,16H,2-4,7-13H2,1H3;2-9,12,17-21H,10-11H2,1H3/t;;12-,17-/m..0/s1. The van der Waals surface area contributed by atoms with Gasteiger partial charge in [-0.1, -0.05) is 59.3 Å². The molecule has 4 N–H and O–H groups in total. The average Bonchev–Trinajstić information content (AvgIpc) is 3.18. The maximum atomic E-state index is 13.5. The van der Waals surface area contributed by atoms with Gasteiger partial charge in [0.25, 0.3) is 11.1 Å². The number of piperidine rings is 2. The largest absolute Gasteiger partial charge is 0.508 e. The average molecular weight is 1180 g/mol. The van der Waals surface area contributed by atoms with Crippen molar-refractivity contribution in [3.05, 3.63) is 227 Å². The minimum absolute atomic E-state index is 0.0243. The molecule has 3 aliphatic rings. The number of hydrogen-bond acceptors (Lipinski definition) is 13. The smallest absolute Gasteiger partial charge is 0.261 e. The molecule has 18 heteroatoms. The summed E-state index contributed by atoms with van der Waals surface area (Å²) >= 11 is 1.47. The van der Waals surface area contributed by atoms with E-state index in [1.807, 2.05) is 42.9 Å². The third-order valence-corrected chi connectivity index (χ3v) is 17.5. The predicted molar refractivity (Wildman–Crippen MR) is 327 cm³/mol. The Balaban J connectivity index is 0.000000146. The van der Waals surface area contributed by atoms with Crippen LogP contribution in [0.25, 0.3) is 21.5 Å². The lowest BCUT2D eigenvalue weighted by Crippen LogP contribution is -2.37. The number of aromatic hydroxyl groups is 2. The summed E-state index contributed by atoms with van der Waals surface area (Å²) in [5.74, 6) is 0.884. The minimum atomic E-state index is -0.620. The van der Waals surface area contributed by atoms with Crippen molar-refractivity contribution in [3.63, 3.8) is 0 Å². The first kappa shape index (κ1) is 60.4. The molecular weight excluding hydrogens is 1100 g/mol. The molecule has 444 valence electrons. The van der Waals surface area contributed by atoms with Crippen LogP contribution < -0.4 is 16.4 Å². The van der Waals surface area contributed by atoms with Gasteiger partial charge >= 0.3 is 0 Å². The van der Waals surface area contributed by atoms with Gasteiger partial charge in [-0.15, -0.1) is 11.3 Å². The second-order valence-electron chi connectivity index (χ2n) is 22.4. The molecule has 9 aromatic rings. The van der Waals surface area contributed by atoms with Gasteiger partial charge in [0.15, 0.2) is 10.5 Å². The lowest BCUT2D eigenvalue weighted by molar-refractivity contribution is 0.136. The zero-order valence-electron chi connectivity index (χ0n) is 48.3. The van der Waals surface area contributed by atoms with Crippen LogP contribution in [0.4, 0.5) is 13.2 Å². The fourth-order valence-electron chi connectivity index (χ4n) is 11.8. The summed E-state index contributed by atoms with van der Waals surface area (Å²) in [5, 5.41) is 39.0. The van der Waals surface area contributed by atoms with Crippen molar-refractivity contribution in [1.82, 2.24) is 39.2 Å². The number of fused-ring (bicyclic) bond motifs is 3. The van der Waals surface area contributed by atoms with E-state index >= 15 is 0 Å². The van der Waals surface area contributed by atoms with E-state index < -0.39 is 6.10 Å². The van der Waals surface area contributed by atoms with E-state index in [2.05, 4.69) is 25.3 Å². The zero-order valence-corrected chi connectivity index (χ0v) is 49.1. The highest BCUT2D eigenvalue weighted by Gasteiger charge is 2.27. The summed E-state index contributed by atoms with van der Waals surface area (Å²) in [7, 11) is 0. The maximum Gasteiger partial charge on any atom is 0.261 e. The molecule has 5 aromatic carbocycles. The third-order valence-electron chi connectivity index (χ3n) is 16.7. The van der Waals surface area contributed by atoms with Crippen molar-refractivity contribution < 1.29 is 33.0 Å². The van der Waals surface area contributed by atoms with E-state index in [-0.39, 0.29) is 46.1 Å². The number of halogens is 3. The number of rotatable bonds is 15. The number of aliphatic hydroxyl groups excluding tert-OH is 1. The molecule has 0 spiro atoms. The van der Waals surface area contributed by atoms with Crippen LogP contribution >= 0.6 is 11.3 Å². The number of hydrogen-bond donors (Lipinski definition) is 4. The molecule has 85 heavy (non-hydrogen) atoms. The normalized spacial score (nSPS) is 15.6. The highest BCUT2D eigenvalue weighted by atomic mass is 32.1. The van der Waals surface area contributed by atoms with Gasteiger partial charge in [0.2, 0.25) is 0 Å². The Morgan fingerprint density at radius 2 is 1.28 bits per heavy atom. The van der Waals surface area contributed by atoms with E-state index in [0.717, 1.165) is 182 Å². The lowest BCUT2D eigenvalue weighted by atomic mass is 9.88. The molecule has 4 aromatic heterocycles.